The summed E-state index contributed by atoms with van der Waals surface area (Å²) in [5.74, 6) is 0.268. The van der Waals surface area contributed by atoms with Crippen LogP contribution in [0.25, 0.3) is 0 Å². The second-order valence-electron chi connectivity index (χ2n) is 3.52. The average Bonchev–Trinajstić information content (AvgIpc) is 2.55. The molecule has 3 nitrogen and oxygen atoms in total. The van der Waals surface area contributed by atoms with Gasteiger partial charge in [-0.1, -0.05) is 0 Å². The van der Waals surface area contributed by atoms with E-state index in [-0.39, 0.29) is 5.78 Å². The molecule has 0 amide bonds. The van der Waals surface area contributed by atoms with E-state index in [0.717, 1.165) is 39.1 Å². The summed E-state index contributed by atoms with van der Waals surface area (Å²) in [6.45, 7) is 3.97. The number of Topliss-reactive ketones (excluding diaryl/α,β-unsaturated/α-hetero) is 1. The lowest BCUT2D eigenvalue weighted by Gasteiger charge is -2.08. The molecule has 76 valence electrons. The van der Waals surface area contributed by atoms with Gasteiger partial charge in [0.05, 0.1) is 12.7 Å². The van der Waals surface area contributed by atoms with Crippen LogP contribution in [0, 0.1) is 0 Å². The van der Waals surface area contributed by atoms with E-state index in [0.29, 0.717) is 12.5 Å². The molecule has 1 unspecified atom stereocenters. The van der Waals surface area contributed by atoms with Crippen molar-refractivity contribution in [2.24, 2.45) is 0 Å². The molecular weight excluding hydrogens is 168 g/mol. The predicted molar refractivity (Wildman–Crippen MR) is 49.7 cm³/mol. The molecule has 0 aromatic heterocycles. The first-order chi connectivity index (χ1) is 6.29. The minimum atomic E-state index is 0.268. The van der Waals surface area contributed by atoms with Gasteiger partial charge in [-0.05, 0) is 26.2 Å². The van der Waals surface area contributed by atoms with Gasteiger partial charge in [0.2, 0.25) is 0 Å². The molecule has 1 rings (SSSR count). The summed E-state index contributed by atoms with van der Waals surface area (Å²) in [6.07, 6.45) is 3.94. The predicted octanol–water partition coefficient (Wildman–Crippen LogP) is 1.55. The lowest BCUT2D eigenvalue weighted by atomic mass is 10.2. The third-order valence-electron chi connectivity index (χ3n) is 2.16. The summed E-state index contributed by atoms with van der Waals surface area (Å²) in [6, 6.07) is 0. The molecule has 13 heavy (non-hydrogen) atoms. The van der Waals surface area contributed by atoms with Crippen molar-refractivity contribution in [3.05, 3.63) is 0 Å². The fourth-order valence-corrected chi connectivity index (χ4v) is 1.37. The zero-order valence-electron chi connectivity index (χ0n) is 8.25. The molecule has 1 atom stereocenters. The van der Waals surface area contributed by atoms with Crippen LogP contribution in [-0.4, -0.2) is 31.7 Å². The second kappa shape index (κ2) is 6.11. The van der Waals surface area contributed by atoms with Crippen LogP contribution in [0.2, 0.25) is 0 Å². The molecule has 0 aliphatic carbocycles. The number of ether oxygens (including phenoxy) is 2. The van der Waals surface area contributed by atoms with Crippen LogP contribution in [0.1, 0.15) is 32.6 Å². The average molecular weight is 186 g/mol. The molecule has 0 aromatic rings. The highest BCUT2D eigenvalue weighted by atomic mass is 16.5. The maximum absolute atomic E-state index is 10.6. The van der Waals surface area contributed by atoms with Gasteiger partial charge in [0.25, 0.3) is 0 Å². The minimum absolute atomic E-state index is 0.268. The van der Waals surface area contributed by atoms with Crippen molar-refractivity contribution in [3.8, 4) is 0 Å². The highest BCUT2D eigenvalue weighted by molar-refractivity contribution is 5.75. The summed E-state index contributed by atoms with van der Waals surface area (Å²) >= 11 is 0. The number of hydrogen-bond acceptors (Lipinski definition) is 3. The van der Waals surface area contributed by atoms with Crippen molar-refractivity contribution in [3.63, 3.8) is 0 Å². The van der Waals surface area contributed by atoms with Crippen molar-refractivity contribution >= 4 is 5.78 Å². The quantitative estimate of drug-likeness (QED) is 0.590. The maximum atomic E-state index is 10.6. The van der Waals surface area contributed by atoms with Gasteiger partial charge < -0.3 is 14.3 Å². The molecule has 3 heteroatoms. The van der Waals surface area contributed by atoms with Gasteiger partial charge in [0.15, 0.2) is 0 Å². The summed E-state index contributed by atoms with van der Waals surface area (Å²) in [5, 5.41) is 0. The van der Waals surface area contributed by atoms with Crippen molar-refractivity contribution < 1.29 is 14.3 Å². The largest absolute Gasteiger partial charge is 0.379 e. The first kappa shape index (κ1) is 10.7. The Morgan fingerprint density at radius 1 is 1.54 bits per heavy atom. The first-order valence-corrected chi connectivity index (χ1v) is 4.98. The van der Waals surface area contributed by atoms with E-state index in [4.69, 9.17) is 9.47 Å². The molecule has 0 aromatic carbocycles. The van der Waals surface area contributed by atoms with E-state index in [2.05, 4.69) is 0 Å². The molecule has 1 aliphatic heterocycles. The fraction of sp³-hybridized carbons (Fsp3) is 0.900. The van der Waals surface area contributed by atoms with Gasteiger partial charge in [-0.3, -0.25) is 0 Å². The number of unbranched alkanes of at least 4 members (excludes halogenated alkanes) is 1. The van der Waals surface area contributed by atoms with Crippen molar-refractivity contribution in [1.82, 2.24) is 0 Å². The van der Waals surface area contributed by atoms with E-state index < -0.39 is 0 Å². The van der Waals surface area contributed by atoms with Crippen molar-refractivity contribution in [1.29, 1.82) is 0 Å². The summed E-state index contributed by atoms with van der Waals surface area (Å²) in [4.78, 5) is 10.6. The Hall–Kier alpha value is -0.410. The Labute approximate surface area is 79.4 Å². The maximum Gasteiger partial charge on any atom is 0.129 e. The molecule has 0 radical (unpaired) electrons. The highest BCUT2D eigenvalue weighted by Gasteiger charge is 2.15. The van der Waals surface area contributed by atoms with Gasteiger partial charge in [-0.25, -0.2) is 0 Å². The third-order valence-corrected chi connectivity index (χ3v) is 2.16. The van der Waals surface area contributed by atoms with Gasteiger partial charge in [0.1, 0.15) is 5.78 Å². The normalized spacial score (nSPS) is 22.1. The number of ketones is 1. The van der Waals surface area contributed by atoms with Crippen LogP contribution in [-0.2, 0) is 14.3 Å². The molecule has 1 heterocycles. The van der Waals surface area contributed by atoms with E-state index in [1.807, 2.05) is 0 Å². The molecule has 1 fully saturated rings. The molecule has 0 spiro atoms. The van der Waals surface area contributed by atoms with Crippen LogP contribution in [0.3, 0.4) is 0 Å². The Morgan fingerprint density at radius 2 is 2.38 bits per heavy atom. The molecular formula is C10H18O3. The number of carbonyl (C=O) groups is 1. The van der Waals surface area contributed by atoms with Gasteiger partial charge in [-0.2, -0.15) is 0 Å². The fourth-order valence-electron chi connectivity index (χ4n) is 1.37. The van der Waals surface area contributed by atoms with E-state index in [1.165, 1.54) is 0 Å². The summed E-state index contributed by atoms with van der Waals surface area (Å²) in [5.41, 5.74) is 0. The lowest BCUT2D eigenvalue weighted by Crippen LogP contribution is -2.13. The van der Waals surface area contributed by atoms with Crippen LogP contribution in [0.5, 0.6) is 0 Å². The summed E-state index contributed by atoms with van der Waals surface area (Å²) < 4.78 is 10.7. The molecule has 0 N–H and O–H groups in total. The van der Waals surface area contributed by atoms with Crippen molar-refractivity contribution in [2.75, 3.05) is 19.8 Å². The highest BCUT2D eigenvalue weighted by Crippen LogP contribution is 2.09. The summed E-state index contributed by atoms with van der Waals surface area (Å²) in [7, 11) is 0. The molecule has 1 aliphatic rings. The van der Waals surface area contributed by atoms with E-state index in [1.54, 1.807) is 6.92 Å². The second-order valence-corrected chi connectivity index (χ2v) is 3.52. The molecule has 0 saturated carbocycles. The van der Waals surface area contributed by atoms with Gasteiger partial charge in [-0.15, -0.1) is 0 Å². The standard InChI is InChI=1S/C10H18O3/c1-9(11)4-2-3-6-13-10-5-7-12-8-10/h10H,2-8H2,1H3. The monoisotopic (exact) mass is 186 g/mol. The minimum Gasteiger partial charge on any atom is -0.379 e. The first-order valence-electron chi connectivity index (χ1n) is 4.98. The van der Waals surface area contributed by atoms with Crippen LogP contribution in [0.4, 0.5) is 0 Å². The third kappa shape index (κ3) is 5.01. The Morgan fingerprint density at radius 3 is 3.00 bits per heavy atom. The number of rotatable bonds is 6. The topological polar surface area (TPSA) is 35.5 Å². The zero-order valence-corrected chi connectivity index (χ0v) is 8.25. The smallest absolute Gasteiger partial charge is 0.129 e. The van der Waals surface area contributed by atoms with Crippen LogP contribution in [0.15, 0.2) is 0 Å². The number of carbonyl (C=O) groups excluding carboxylic acids is 1. The van der Waals surface area contributed by atoms with Crippen LogP contribution < -0.4 is 0 Å². The van der Waals surface area contributed by atoms with Crippen molar-refractivity contribution in [2.45, 2.75) is 38.7 Å². The lowest BCUT2D eigenvalue weighted by molar-refractivity contribution is -0.117. The Balaban J connectivity index is 1.86. The van der Waals surface area contributed by atoms with E-state index >= 15 is 0 Å². The van der Waals surface area contributed by atoms with Gasteiger partial charge >= 0.3 is 0 Å². The molecule has 0 bridgehead atoms. The number of hydrogen-bond donors (Lipinski definition) is 0. The SMILES string of the molecule is CC(=O)CCCCOC1CCOC1. The Kier molecular flexibility index (Phi) is 5.01. The van der Waals surface area contributed by atoms with E-state index in [9.17, 15) is 4.79 Å². The Bertz CT molecular complexity index is 150. The molecule has 1 saturated heterocycles. The zero-order chi connectivity index (χ0) is 9.52. The van der Waals surface area contributed by atoms with Crippen LogP contribution >= 0.6 is 0 Å². The van der Waals surface area contributed by atoms with Gasteiger partial charge in [0, 0.05) is 19.6 Å².